The van der Waals surface area contributed by atoms with E-state index in [1.54, 1.807) is 0 Å². The van der Waals surface area contributed by atoms with Crippen LogP contribution < -0.4 is 14.7 Å². The van der Waals surface area contributed by atoms with Gasteiger partial charge in [0.1, 0.15) is 0 Å². The molecule has 85 heavy (non-hydrogen) atoms. The third kappa shape index (κ3) is 9.04. The summed E-state index contributed by atoms with van der Waals surface area (Å²) in [5.74, 6) is 0. The van der Waals surface area contributed by atoms with Crippen molar-refractivity contribution < 1.29 is 0 Å². The largest absolute Gasteiger partial charge is 0.311 e. The Labute approximate surface area is 497 Å². The molecule has 0 saturated heterocycles. The first-order chi connectivity index (χ1) is 42.0. The lowest BCUT2D eigenvalue weighted by atomic mass is 9.82. The lowest BCUT2D eigenvalue weighted by Gasteiger charge is -2.30. The van der Waals surface area contributed by atoms with E-state index in [1.165, 1.54) is 71.9 Å². The van der Waals surface area contributed by atoms with Crippen LogP contribution in [0.2, 0.25) is 0 Å². The maximum absolute atomic E-state index is 2.49. The van der Waals surface area contributed by atoms with E-state index in [9.17, 15) is 0 Å². The summed E-state index contributed by atoms with van der Waals surface area (Å²) in [5, 5.41) is 3.61. The smallest absolute Gasteiger partial charge is 0.0620 e. The number of hydrogen-bond donors (Lipinski definition) is 0. The van der Waals surface area contributed by atoms with Crippen molar-refractivity contribution in [2.45, 2.75) is 19.3 Å². The Morgan fingerprint density at radius 3 is 1.18 bits per heavy atom. The number of fused-ring (bicyclic) bond motifs is 6. The zero-order valence-electron chi connectivity index (χ0n) is 47.5. The minimum Gasteiger partial charge on any atom is -0.311 e. The maximum atomic E-state index is 2.49. The molecule has 404 valence electrons. The summed E-state index contributed by atoms with van der Waals surface area (Å²) in [6.07, 6.45) is 0. The first-order valence-corrected chi connectivity index (χ1v) is 29.3. The van der Waals surface area contributed by atoms with Gasteiger partial charge in [0.25, 0.3) is 0 Å². The second kappa shape index (κ2) is 21.4. The normalized spacial score (nSPS) is 12.2. The molecule has 0 bridgehead atoms. The van der Waals surface area contributed by atoms with Crippen molar-refractivity contribution in [1.82, 2.24) is 4.57 Å². The van der Waals surface area contributed by atoms with Crippen molar-refractivity contribution >= 4 is 72.9 Å². The number of rotatable bonds is 13. The van der Waals surface area contributed by atoms with Crippen LogP contribution in [0.15, 0.2) is 328 Å². The number of benzene rings is 13. The second-order valence-corrected chi connectivity index (χ2v) is 22.5. The maximum Gasteiger partial charge on any atom is 0.0620 e. The van der Waals surface area contributed by atoms with Crippen molar-refractivity contribution in [3.8, 4) is 50.3 Å². The molecule has 0 saturated carbocycles. The molecule has 0 aliphatic heterocycles. The third-order valence-corrected chi connectivity index (χ3v) is 17.1. The zero-order valence-corrected chi connectivity index (χ0v) is 47.5. The van der Waals surface area contributed by atoms with Gasteiger partial charge in [-0.2, -0.15) is 0 Å². The molecule has 0 spiro atoms. The molecule has 0 amide bonds. The van der Waals surface area contributed by atoms with E-state index in [2.05, 4.69) is 361 Å². The van der Waals surface area contributed by atoms with Crippen LogP contribution in [0.25, 0.3) is 72.0 Å². The number of nitrogens with zero attached hydrogens (tertiary/aromatic N) is 4. The molecule has 0 unspecified atom stereocenters. The van der Waals surface area contributed by atoms with Gasteiger partial charge in [0.15, 0.2) is 0 Å². The molecule has 13 aromatic carbocycles. The number of para-hydroxylation sites is 4. The van der Waals surface area contributed by atoms with E-state index in [0.717, 1.165) is 62.4 Å². The number of anilines is 9. The fraction of sp³-hybridized carbons (Fsp3) is 0.0370. The van der Waals surface area contributed by atoms with Gasteiger partial charge in [-0.05, 0) is 171 Å². The lowest BCUT2D eigenvalue weighted by molar-refractivity contribution is 0.660. The van der Waals surface area contributed by atoms with E-state index < -0.39 is 0 Å². The molecule has 1 heterocycles. The number of aromatic nitrogens is 1. The molecule has 0 atom stereocenters. The van der Waals surface area contributed by atoms with Gasteiger partial charge >= 0.3 is 0 Å². The SMILES string of the molecule is CC1(C)c2ccccc2-c2ccc(N(c3ccccc3)c3ccc(N(c4ccc(-c5cccc6c5ccc5c(-c7ccccc7)c(-c7ccccc7)n(-c7ccccc7)c56)cc4)c4ccc(N(c5ccccc5)c5ccccc5)cc4)cc3)cc21. The van der Waals surface area contributed by atoms with Crippen LogP contribution in [-0.4, -0.2) is 4.57 Å². The van der Waals surface area contributed by atoms with Crippen LogP contribution in [0.3, 0.4) is 0 Å². The first-order valence-electron chi connectivity index (χ1n) is 29.3. The van der Waals surface area contributed by atoms with Crippen LogP contribution in [0.1, 0.15) is 25.0 Å². The molecular formula is C81H60N4. The average molecular weight is 1090 g/mol. The summed E-state index contributed by atoms with van der Waals surface area (Å²) in [4.78, 5) is 7.08. The predicted octanol–water partition coefficient (Wildman–Crippen LogP) is 22.5. The van der Waals surface area contributed by atoms with E-state index in [-0.39, 0.29) is 5.41 Å². The first kappa shape index (κ1) is 51.0. The molecular weight excluding hydrogens is 1030 g/mol. The molecule has 4 heteroatoms. The molecule has 1 aliphatic carbocycles. The Morgan fingerprint density at radius 2 is 0.647 bits per heavy atom. The van der Waals surface area contributed by atoms with Gasteiger partial charge < -0.3 is 19.3 Å². The average Bonchev–Trinajstić information content (AvgIpc) is 1.73. The fourth-order valence-electron chi connectivity index (χ4n) is 13.2. The Kier molecular flexibility index (Phi) is 12.9. The molecule has 0 N–H and O–H groups in total. The molecule has 14 aromatic rings. The molecule has 1 aromatic heterocycles. The molecule has 0 fully saturated rings. The summed E-state index contributed by atoms with van der Waals surface area (Å²) in [7, 11) is 0. The minimum atomic E-state index is -0.132. The summed E-state index contributed by atoms with van der Waals surface area (Å²) in [6.45, 7) is 4.70. The van der Waals surface area contributed by atoms with Gasteiger partial charge in [0.05, 0.1) is 11.2 Å². The van der Waals surface area contributed by atoms with Crippen molar-refractivity contribution in [3.63, 3.8) is 0 Å². The van der Waals surface area contributed by atoms with Crippen LogP contribution >= 0.6 is 0 Å². The second-order valence-electron chi connectivity index (χ2n) is 22.5. The minimum absolute atomic E-state index is 0.132. The van der Waals surface area contributed by atoms with Gasteiger partial charge in [-0.1, -0.05) is 220 Å². The highest BCUT2D eigenvalue weighted by Gasteiger charge is 2.36. The van der Waals surface area contributed by atoms with Crippen LogP contribution in [0.4, 0.5) is 51.2 Å². The summed E-state index contributed by atoms with van der Waals surface area (Å²) in [5.41, 5.74) is 24.3. The predicted molar refractivity (Wildman–Crippen MR) is 359 cm³/mol. The van der Waals surface area contributed by atoms with Crippen LogP contribution in [0, 0.1) is 0 Å². The molecule has 0 radical (unpaired) electrons. The standard InChI is InChI=1S/C81H60N4/c1-81(2)76-39-22-21-36-72(76)73-53-52-69(56-77(73)81)84(62-32-17-7-18-33-62)68-50-48-67(49-51-68)83(66-46-44-65(45-47-66)82(60-28-13-5-14-29-60)61-30-15-6-16-31-61)64-42-40-57(41-43-64)70-37-23-38-74-71(70)54-55-75-78(58-24-9-3-10-25-58)79(59-26-11-4-12-27-59)85(80(74)75)63-34-19-8-20-35-63/h3-56H,1-2H3. The van der Waals surface area contributed by atoms with E-state index in [4.69, 9.17) is 0 Å². The quantitative estimate of drug-likeness (QED) is 0.114. The van der Waals surface area contributed by atoms with Crippen molar-refractivity contribution in [2.24, 2.45) is 0 Å². The van der Waals surface area contributed by atoms with E-state index >= 15 is 0 Å². The zero-order chi connectivity index (χ0) is 56.8. The topological polar surface area (TPSA) is 14.7 Å². The molecule has 4 nitrogen and oxygen atoms in total. The van der Waals surface area contributed by atoms with Crippen LogP contribution in [-0.2, 0) is 5.41 Å². The summed E-state index contributed by atoms with van der Waals surface area (Å²) < 4.78 is 2.49. The van der Waals surface area contributed by atoms with Crippen molar-refractivity contribution in [1.29, 1.82) is 0 Å². The highest BCUT2D eigenvalue weighted by molar-refractivity contribution is 6.18. The summed E-state index contributed by atoms with van der Waals surface area (Å²) in [6, 6.07) is 119. The molecule has 1 aliphatic rings. The third-order valence-electron chi connectivity index (χ3n) is 17.1. The van der Waals surface area contributed by atoms with Crippen LogP contribution in [0.5, 0.6) is 0 Å². The lowest BCUT2D eigenvalue weighted by Crippen LogP contribution is -2.16. The van der Waals surface area contributed by atoms with Gasteiger partial charge in [0, 0.05) is 78.6 Å². The van der Waals surface area contributed by atoms with E-state index in [1.807, 2.05) is 0 Å². The Hall–Kier alpha value is -10.9. The highest BCUT2D eigenvalue weighted by atomic mass is 15.2. The Bertz CT molecular complexity index is 4640. The fourth-order valence-corrected chi connectivity index (χ4v) is 13.2. The van der Waals surface area contributed by atoms with Gasteiger partial charge in [-0.15, -0.1) is 0 Å². The molecule has 15 rings (SSSR count). The summed E-state index contributed by atoms with van der Waals surface area (Å²) >= 11 is 0. The van der Waals surface area contributed by atoms with Crippen molar-refractivity contribution in [2.75, 3.05) is 14.7 Å². The van der Waals surface area contributed by atoms with Gasteiger partial charge in [-0.25, -0.2) is 0 Å². The highest BCUT2D eigenvalue weighted by Crippen LogP contribution is 2.52. The van der Waals surface area contributed by atoms with Gasteiger partial charge in [-0.3, -0.25) is 0 Å². The van der Waals surface area contributed by atoms with E-state index in [0.29, 0.717) is 0 Å². The Balaban J connectivity index is 0.855. The Morgan fingerprint density at radius 1 is 0.259 bits per heavy atom. The monoisotopic (exact) mass is 1090 g/mol. The number of hydrogen-bond acceptors (Lipinski definition) is 3. The van der Waals surface area contributed by atoms with Gasteiger partial charge in [0.2, 0.25) is 0 Å². The van der Waals surface area contributed by atoms with Crippen molar-refractivity contribution in [3.05, 3.63) is 339 Å².